The van der Waals surface area contributed by atoms with Gasteiger partial charge in [0.05, 0.1) is 6.61 Å². The minimum absolute atomic E-state index is 0.234. The van der Waals surface area contributed by atoms with Gasteiger partial charge in [-0.05, 0) is 68.2 Å². The van der Waals surface area contributed by atoms with Gasteiger partial charge in [-0.2, -0.15) is 0 Å². The van der Waals surface area contributed by atoms with E-state index in [1.54, 1.807) is 0 Å². The molecule has 0 aliphatic carbocycles. The van der Waals surface area contributed by atoms with E-state index >= 15 is 0 Å². The molecule has 0 heterocycles. The number of unbranched alkanes of at least 4 members (excludes halogenated alkanes) is 8. The summed E-state index contributed by atoms with van der Waals surface area (Å²) in [7, 11) is 0. The third-order valence-electron chi connectivity index (χ3n) is 5.37. The van der Waals surface area contributed by atoms with Crippen LogP contribution in [0.15, 0.2) is 18.2 Å². The Morgan fingerprint density at radius 2 is 1.30 bits per heavy atom. The molecule has 1 rings (SSSR count). The molecule has 2 N–H and O–H groups in total. The first-order chi connectivity index (χ1) is 14.5. The average Bonchev–Trinajstić information content (AvgIpc) is 2.70. The summed E-state index contributed by atoms with van der Waals surface area (Å²) in [5, 5.41) is 17.5. The smallest absolute Gasteiger partial charge is 0.303 e. The Morgan fingerprint density at radius 1 is 0.733 bits per heavy atom. The predicted octanol–water partition coefficient (Wildman–Crippen LogP) is 6.41. The highest BCUT2D eigenvalue weighted by atomic mass is 16.5. The van der Waals surface area contributed by atoms with Gasteiger partial charge in [-0.3, -0.25) is 9.59 Å². The van der Waals surface area contributed by atoms with E-state index in [1.807, 2.05) is 6.07 Å². The molecule has 0 bridgehead atoms. The molecule has 0 unspecified atom stereocenters. The van der Waals surface area contributed by atoms with Crippen LogP contribution >= 0.6 is 0 Å². The zero-order valence-electron chi connectivity index (χ0n) is 18.7. The van der Waals surface area contributed by atoms with E-state index < -0.39 is 11.9 Å². The van der Waals surface area contributed by atoms with Gasteiger partial charge in [-0.25, -0.2) is 0 Å². The van der Waals surface area contributed by atoms with Crippen LogP contribution in [-0.4, -0.2) is 28.8 Å². The first kappa shape index (κ1) is 26.0. The maximum Gasteiger partial charge on any atom is 0.303 e. The van der Waals surface area contributed by atoms with Gasteiger partial charge in [0.1, 0.15) is 5.75 Å². The van der Waals surface area contributed by atoms with Crippen molar-refractivity contribution in [2.45, 2.75) is 103 Å². The summed E-state index contributed by atoms with van der Waals surface area (Å²) in [5.41, 5.74) is 2.59. The summed E-state index contributed by atoms with van der Waals surface area (Å²) in [6.45, 7) is 2.96. The quantitative estimate of drug-likeness (QED) is 0.253. The van der Waals surface area contributed by atoms with Crippen LogP contribution in [0.2, 0.25) is 0 Å². The Labute approximate surface area is 181 Å². The van der Waals surface area contributed by atoms with Crippen LogP contribution in [-0.2, 0) is 22.4 Å². The van der Waals surface area contributed by atoms with E-state index in [1.165, 1.54) is 36.8 Å². The minimum atomic E-state index is -0.730. The van der Waals surface area contributed by atoms with Gasteiger partial charge in [-0.1, -0.05) is 51.5 Å². The zero-order valence-corrected chi connectivity index (χ0v) is 18.7. The highest BCUT2D eigenvalue weighted by molar-refractivity contribution is 5.66. The Hall–Kier alpha value is -2.04. The molecule has 1 aromatic carbocycles. The van der Waals surface area contributed by atoms with Gasteiger partial charge < -0.3 is 14.9 Å². The minimum Gasteiger partial charge on any atom is -0.494 e. The number of aryl methyl sites for hydroxylation is 2. The fourth-order valence-electron chi connectivity index (χ4n) is 3.60. The molecule has 0 aliphatic heterocycles. The molecule has 0 fully saturated rings. The van der Waals surface area contributed by atoms with Crippen LogP contribution < -0.4 is 4.74 Å². The summed E-state index contributed by atoms with van der Waals surface area (Å²) in [4.78, 5) is 21.3. The molecule has 0 spiro atoms. The first-order valence-electron chi connectivity index (χ1n) is 11.7. The van der Waals surface area contributed by atoms with Crippen molar-refractivity contribution in [1.82, 2.24) is 0 Å². The molecular formula is C25H40O5. The van der Waals surface area contributed by atoms with Crippen LogP contribution in [0.5, 0.6) is 5.75 Å². The molecule has 0 aliphatic rings. The van der Waals surface area contributed by atoms with Crippen molar-refractivity contribution in [3.63, 3.8) is 0 Å². The van der Waals surface area contributed by atoms with Crippen molar-refractivity contribution in [1.29, 1.82) is 0 Å². The Kier molecular flexibility index (Phi) is 14.5. The second-order valence-electron chi connectivity index (χ2n) is 8.10. The number of benzene rings is 1. The van der Waals surface area contributed by atoms with Crippen LogP contribution in [0.1, 0.15) is 102 Å². The fourth-order valence-corrected chi connectivity index (χ4v) is 3.60. The Balaban J connectivity index is 2.53. The molecule has 5 heteroatoms. The van der Waals surface area contributed by atoms with Gasteiger partial charge in [-0.15, -0.1) is 0 Å². The highest BCUT2D eigenvalue weighted by Gasteiger charge is 2.07. The number of ether oxygens (including phenoxy) is 1. The summed E-state index contributed by atoms with van der Waals surface area (Å²) >= 11 is 0. The summed E-state index contributed by atoms with van der Waals surface area (Å²) < 4.78 is 5.97. The van der Waals surface area contributed by atoms with Gasteiger partial charge in [0, 0.05) is 12.8 Å². The number of carbonyl (C=O) groups is 2. The third kappa shape index (κ3) is 13.2. The zero-order chi connectivity index (χ0) is 22.0. The molecule has 0 radical (unpaired) electrons. The monoisotopic (exact) mass is 420 g/mol. The second-order valence-corrected chi connectivity index (χ2v) is 8.10. The van der Waals surface area contributed by atoms with Crippen molar-refractivity contribution < 1.29 is 24.5 Å². The van der Waals surface area contributed by atoms with E-state index in [0.29, 0.717) is 6.42 Å². The van der Waals surface area contributed by atoms with E-state index in [0.717, 1.165) is 63.7 Å². The van der Waals surface area contributed by atoms with E-state index in [-0.39, 0.29) is 12.8 Å². The number of carboxylic acid groups (broad SMARTS) is 2. The molecule has 0 amide bonds. The lowest BCUT2D eigenvalue weighted by molar-refractivity contribution is -0.138. The van der Waals surface area contributed by atoms with Crippen LogP contribution in [0.25, 0.3) is 0 Å². The van der Waals surface area contributed by atoms with Gasteiger partial charge in [0.15, 0.2) is 0 Å². The molecule has 30 heavy (non-hydrogen) atoms. The van der Waals surface area contributed by atoms with E-state index in [4.69, 9.17) is 14.9 Å². The first-order valence-corrected chi connectivity index (χ1v) is 11.7. The third-order valence-corrected chi connectivity index (χ3v) is 5.37. The molecule has 0 atom stereocenters. The second kappa shape index (κ2) is 16.7. The van der Waals surface area contributed by atoms with Gasteiger partial charge >= 0.3 is 11.9 Å². The molecule has 170 valence electrons. The fraction of sp³-hybridized carbons (Fsp3) is 0.680. The molecular weight excluding hydrogens is 380 g/mol. The van der Waals surface area contributed by atoms with Gasteiger partial charge in [0.25, 0.3) is 0 Å². The molecule has 5 nitrogen and oxygen atoms in total. The maximum absolute atomic E-state index is 10.7. The van der Waals surface area contributed by atoms with Crippen LogP contribution in [0.4, 0.5) is 0 Å². The lowest BCUT2D eigenvalue weighted by atomic mass is 9.96. The van der Waals surface area contributed by atoms with E-state index in [2.05, 4.69) is 19.1 Å². The van der Waals surface area contributed by atoms with E-state index in [9.17, 15) is 9.59 Å². The molecule has 0 aromatic heterocycles. The Morgan fingerprint density at radius 3 is 1.90 bits per heavy atom. The normalized spacial score (nSPS) is 10.8. The molecule has 0 saturated heterocycles. The molecule has 1 aromatic rings. The lowest BCUT2D eigenvalue weighted by Crippen LogP contribution is -2.01. The van der Waals surface area contributed by atoms with Crippen LogP contribution in [0.3, 0.4) is 0 Å². The van der Waals surface area contributed by atoms with Crippen molar-refractivity contribution in [3.05, 3.63) is 29.3 Å². The van der Waals surface area contributed by atoms with Crippen molar-refractivity contribution in [2.24, 2.45) is 0 Å². The van der Waals surface area contributed by atoms with Crippen molar-refractivity contribution in [3.8, 4) is 5.75 Å². The number of hydrogen-bond acceptors (Lipinski definition) is 3. The molecule has 0 saturated carbocycles. The predicted molar refractivity (Wildman–Crippen MR) is 120 cm³/mol. The number of rotatable bonds is 19. The summed E-state index contributed by atoms with van der Waals surface area (Å²) in [6.07, 6.45) is 13.6. The number of carboxylic acids is 2. The average molecular weight is 421 g/mol. The largest absolute Gasteiger partial charge is 0.494 e. The number of hydrogen-bond donors (Lipinski definition) is 2. The van der Waals surface area contributed by atoms with Crippen LogP contribution in [0, 0.1) is 0 Å². The topological polar surface area (TPSA) is 83.8 Å². The standard InChI is InChI=1S/C25H40O5/c1-2-3-4-5-12-19-30-23-18-17-21(13-8-6-10-15-24(26)27)22(20-23)14-9-7-11-16-25(28)29/h17-18,20H,2-16,19H2,1H3,(H,26,27)(H,28,29). The SMILES string of the molecule is CCCCCCCOc1ccc(CCCCCC(=O)O)c(CCCCCC(=O)O)c1. The highest BCUT2D eigenvalue weighted by Crippen LogP contribution is 2.23. The number of aliphatic carboxylic acids is 2. The summed E-state index contributed by atoms with van der Waals surface area (Å²) in [6, 6.07) is 6.35. The maximum atomic E-state index is 10.7. The summed E-state index contributed by atoms with van der Waals surface area (Å²) in [5.74, 6) is -0.541. The van der Waals surface area contributed by atoms with Crippen molar-refractivity contribution >= 4 is 11.9 Å². The van der Waals surface area contributed by atoms with Gasteiger partial charge in [0.2, 0.25) is 0 Å². The Bertz CT molecular complexity index is 612. The van der Waals surface area contributed by atoms with Crippen molar-refractivity contribution in [2.75, 3.05) is 6.61 Å². The lowest BCUT2D eigenvalue weighted by Gasteiger charge is -2.13.